The van der Waals surface area contributed by atoms with Crippen LogP contribution >= 0.6 is 0 Å². The minimum atomic E-state index is -0.410. The topological polar surface area (TPSA) is 104 Å². The van der Waals surface area contributed by atoms with E-state index >= 15 is 0 Å². The summed E-state index contributed by atoms with van der Waals surface area (Å²) in [5.41, 5.74) is 7.40. The molecule has 106 valence electrons. The average molecular weight is 275 g/mol. The molecule has 3 atom stereocenters. The van der Waals surface area contributed by atoms with Crippen molar-refractivity contribution in [1.29, 1.82) is 0 Å². The summed E-state index contributed by atoms with van der Waals surface area (Å²) in [5.74, 6) is -0.130. The summed E-state index contributed by atoms with van der Waals surface area (Å²) in [4.78, 5) is 16.1. The number of carbonyl (C=O) groups is 1. The number of nitrogens with two attached hydrogens (primary N) is 1. The molecule has 0 spiro atoms. The average Bonchev–Trinajstić information content (AvgIpc) is 2.93. The fourth-order valence-electron chi connectivity index (χ4n) is 2.91. The van der Waals surface area contributed by atoms with Crippen molar-refractivity contribution in [3.8, 4) is 0 Å². The lowest BCUT2D eigenvalue weighted by Crippen LogP contribution is -2.47. The molecule has 3 rings (SSSR count). The number of nitrogens with zero attached hydrogens (tertiary/aromatic N) is 5. The van der Waals surface area contributed by atoms with Crippen LogP contribution in [-0.2, 0) is 11.8 Å². The van der Waals surface area contributed by atoms with E-state index in [0.29, 0.717) is 5.95 Å². The first-order chi connectivity index (χ1) is 9.49. The second-order valence-electron chi connectivity index (χ2n) is 5.18. The summed E-state index contributed by atoms with van der Waals surface area (Å²) in [6.45, 7) is 3.84. The van der Waals surface area contributed by atoms with Crippen LogP contribution in [0, 0.1) is 12.8 Å². The molecule has 0 aromatic carbocycles. The molecule has 0 aliphatic carbocycles. The highest BCUT2D eigenvalue weighted by molar-refractivity contribution is 5.79. The first-order valence-corrected chi connectivity index (χ1v) is 6.44. The zero-order valence-corrected chi connectivity index (χ0v) is 11.6. The quantitative estimate of drug-likeness (QED) is 0.791. The van der Waals surface area contributed by atoms with Crippen molar-refractivity contribution >= 4 is 11.9 Å². The highest BCUT2D eigenvalue weighted by Crippen LogP contribution is 2.36. The van der Waals surface area contributed by atoms with Gasteiger partial charge in [0.2, 0.25) is 11.9 Å². The SMILES string of the molecule is Cc1nn(C)cc1C1C(C(N)=O)C(C)Nc2ncnn21. The molecular weight excluding hydrogens is 258 g/mol. The molecule has 1 aliphatic heterocycles. The Bertz CT molecular complexity index is 659. The Labute approximate surface area is 116 Å². The van der Waals surface area contributed by atoms with Crippen LogP contribution in [0.3, 0.4) is 0 Å². The van der Waals surface area contributed by atoms with E-state index in [0.717, 1.165) is 11.3 Å². The van der Waals surface area contributed by atoms with Crippen LogP contribution in [0.4, 0.5) is 5.95 Å². The molecule has 20 heavy (non-hydrogen) atoms. The number of fused-ring (bicyclic) bond motifs is 1. The zero-order valence-electron chi connectivity index (χ0n) is 11.6. The molecule has 3 unspecified atom stereocenters. The van der Waals surface area contributed by atoms with Gasteiger partial charge in [-0.05, 0) is 13.8 Å². The van der Waals surface area contributed by atoms with E-state index in [1.165, 1.54) is 6.33 Å². The first-order valence-electron chi connectivity index (χ1n) is 6.44. The van der Waals surface area contributed by atoms with E-state index in [4.69, 9.17) is 5.73 Å². The van der Waals surface area contributed by atoms with Crippen molar-refractivity contribution in [2.75, 3.05) is 5.32 Å². The van der Waals surface area contributed by atoms with E-state index < -0.39 is 5.92 Å². The van der Waals surface area contributed by atoms with Crippen LogP contribution in [0.1, 0.15) is 24.2 Å². The van der Waals surface area contributed by atoms with Gasteiger partial charge in [0, 0.05) is 24.8 Å². The van der Waals surface area contributed by atoms with Crippen molar-refractivity contribution in [3.63, 3.8) is 0 Å². The van der Waals surface area contributed by atoms with Crippen LogP contribution < -0.4 is 11.1 Å². The van der Waals surface area contributed by atoms with Crippen molar-refractivity contribution in [2.45, 2.75) is 25.9 Å². The maximum atomic E-state index is 11.9. The third-order valence-corrected chi connectivity index (χ3v) is 3.77. The predicted octanol–water partition coefficient (Wildman–Crippen LogP) is -0.175. The summed E-state index contributed by atoms with van der Waals surface area (Å²) in [7, 11) is 1.85. The second-order valence-corrected chi connectivity index (χ2v) is 5.18. The Morgan fingerprint density at radius 2 is 2.25 bits per heavy atom. The molecule has 3 N–H and O–H groups in total. The third-order valence-electron chi connectivity index (χ3n) is 3.77. The number of hydrogen-bond acceptors (Lipinski definition) is 5. The van der Waals surface area contributed by atoms with Gasteiger partial charge in [0.25, 0.3) is 0 Å². The van der Waals surface area contributed by atoms with Crippen LogP contribution in [0.2, 0.25) is 0 Å². The molecule has 0 radical (unpaired) electrons. The minimum Gasteiger partial charge on any atom is -0.369 e. The fourth-order valence-corrected chi connectivity index (χ4v) is 2.91. The molecule has 2 aromatic rings. The lowest BCUT2D eigenvalue weighted by Gasteiger charge is -2.35. The van der Waals surface area contributed by atoms with Crippen molar-refractivity contribution in [1.82, 2.24) is 24.5 Å². The summed E-state index contributed by atoms with van der Waals surface area (Å²) < 4.78 is 3.44. The number of aromatic nitrogens is 5. The number of nitrogens with one attached hydrogen (secondary N) is 1. The van der Waals surface area contributed by atoms with Gasteiger partial charge in [-0.3, -0.25) is 9.48 Å². The van der Waals surface area contributed by atoms with Gasteiger partial charge in [0.15, 0.2) is 0 Å². The second kappa shape index (κ2) is 4.32. The van der Waals surface area contributed by atoms with Crippen molar-refractivity contribution < 1.29 is 4.79 Å². The van der Waals surface area contributed by atoms with Crippen LogP contribution in [0.25, 0.3) is 0 Å². The van der Waals surface area contributed by atoms with Crippen LogP contribution in [0.15, 0.2) is 12.5 Å². The van der Waals surface area contributed by atoms with Crippen molar-refractivity contribution in [3.05, 3.63) is 23.8 Å². The Kier molecular flexibility index (Phi) is 2.73. The van der Waals surface area contributed by atoms with Gasteiger partial charge < -0.3 is 11.1 Å². The van der Waals surface area contributed by atoms with Gasteiger partial charge >= 0.3 is 0 Å². The number of anilines is 1. The van der Waals surface area contributed by atoms with Gasteiger partial charge in [0.05, 0.1) is 17.7 Å². The first kappa shape index (κ1) is 12.6. The molecule has 3 heterocycles. The van der Waals surface area contributed by atoms with Crippen molar-refractivity contribution in [2.24, 2.45) is 18.7 Å². The minimum absolute atomic E-state index is 0.117. The summed E-state index contributed by atoms with van der Waals surface area (Å²) >= 11 is 0. The molecule has 0 saturated heterocycles. The molecule has 2 aromatic heterocycles. The van der Waals surface area contributed by atoms with E-state index in [-0.39, 0.29) is 18.0 Å². The molecular formula is C12H17N7O. The van der Waals surface area contributed by atoms with Gasteiger partial charge in [-0.25, -0.2) is 4.68 Å². The summed E-state index contributed by atoms with van der Waals surface area (Å²) in [6.07, 6.45) is 3.37. The van der Waals surface area contributed by atoms with E-state index in [1.54, 1.807) is 9.36 Å². The molecule has 0 saturated carbocycles. The number of hydrogen-bond donors (Lipinski definition) is 2. The maximum absolute atomic E-state index is 11.9. The molecule has 0 fully saturated rings. The Balaban J connectivity index is 2.18. The number of amides is 1. The predicted molar refractivity (Wildman–Crippen MR) is 71.9 cm³/mol. The lowest BCUT2D eigenvalue weighted by atomic mass is 9.86. The van der Waals surface area contributed by atoms with Gasteiger partial charge in [-0.2, -0.15) is 15.2 Å². The number of carbonyl (C=O) groups excluding carboxylic acids is 1. The van der Waals surface area contributed by atoms with Gasteiger partial charge in [0.1, 0.15) is 6.33 Å². The highest BCUT2D eigenvalue weighted by atomic mass is 16.1. The molecule has 1 aliphatic rings. The normalized spacial score (nSPS) is 25.1. The Morgan fingerprint density at radius 3 is 2.85 bits per heavy atom. The largest absolute Gasteiger partial charge is 0.369 e. The standard InChI is InChI=1S/C12H17N7O/c1-6-8(4-18(3)17-6)10-9(11(13)20)7(2)16-12-14-5-15-19(10)12/h4-5,7,9-10H,1-3H3,(H2,13,20)(H,14,15,16). The molecule has 0 bridgehead atoms. The monoisotopic (exact) mass is 275 g/mol. The molecule has 8 heteroatoms. The Hall–Kier alpha value is -2.38. The van der Waals surface area contributed by atoms with E-state index in [1.807, 2.05) is 27.1 Å². The van der Waals surface area contributed by atoms with Gasteiger partial charge in [-0.15, -0.1) is 0 Å². The Morgan fingerprint density at radius 1 is 1.50 bits per heavy atom. The van der Waals surface area contributed by atoms with E-state index in [9.17, 15) is 4.79 Å². The smallest absolute Gasteiger partial charge is 0.225 e. The maximum Gasteiger partial charge on any atom is 0.225 e. The van der Waals surface area contributed by atoms with E-state index in [2.05, 4.69) is 20.5 Å². The van der Waals surface area contributed by atoms with Gasteiger partial charge in [-0.1, -0.05) is 0 Å². The molecule has 1 amide bonds. The van der Waals surface area contributed by atoms with Crippen LogP contribution in [0.5, 0.6) is 0 Å². The third kappa shape index (κ3) is 1.75. The lowest BCUT2D eigenvalue weighted by molar-refractivity contribution is -0.123. The number of rotatable bonds is 2. The number of primary amides is 1. The summed E-state index contributed by atoms with van der Waals surface area (Å²) in [6, 6.07) is -0.399. The highest BCUT2D eigenvalue weighted by Gasteiger charge is 2.41. The van der Waals surface area contributed by atoms with Crippen LogP contribution in [-0.4, -0.2) is 36.5 Å². The fraction of sp³-hybridized carbons (Fsp3) is 0.500. The number of aryl methyl sites for hydroxylation is 2. The summed E-state index contributed by atoms with van der Waals surface area (Å²) in [5, 5.41) is 11.7. The molecule has 8 nitrogen and oxygen atoms in total. The zero-order chi connectivity index (χ0) is 14.4.